The highest BCUT2D eigenvalue weighted by Gasteiger charge is 1.98. The number of hydrogen-bond acceptors (Lipinski definition) is 2. The van der Waals surface area contributed by atoms with Crippen LogP contribution in [0.2, 0.25) is 0 Å². The Kier molecular flexibility index (Phi) is 42.6. The van der Waals surface area contributed by atoms with E-state index in [0.717, 1.165) is 24.7 Å². The zero-order chi connectivity index (χ0) is 32.1. The number of amides is 2. The molecule has 0 rings (SSSR count). The molecule has 4 N–H and O–H groups in total. The first kappa shape index (κ1) is 45.1. The first-order chi connectivity index (χ1) is 20.3. The van der Waals surface area contributed by atoms with Crippen LogP contribution in [0.5, 0.6) is 0 Å². The summed E-state index contributed by atoms with van der Waals surface area (Å²) >= 11 is 0. The smallest absolute Gasteiger partial charge is 0.217 e. The predicted molar refractivity (Wildman–Crippen MR) is 189 cm³/mol. The number of nitrogens with two attached hydrogens (primary N) is 2. The molecule has 0 aromatic carbocycles. The van der Waals surface area contributed by atoms with Crippen molar-refractivity contribution in [2.75, 3.05) is 0 Å². The minimum atomic E-state index is -0.154. The molecule has 4 nitrogen and oxygen atoms in total. The van der Waals surface area contributed by atoms with Crippen LogP contribution in [0, 0.1) is 11.8 Å². The normalized spacial score (nSPS) is 10.7. The van der Waals surface area contributed by atoms with Crippen molar-refractivity contribution < 1.29 is 9.59 Å². The van der Waals surface area contributed by atoms with E-state index in [1.807, 2.05) is 0 Å². The zero-order valence-corrected chi connectivity index (χ0v) is 29.3. The van der Waals surface area contributed by atoms with Gasteiger partial charge in [-0.25, -0.2) is 0 Å². The Balaban J connectivity index is -0.000000683. The van der Waals surface area contributed by atoms with Crippen LogP contribution in [0.1, 0.15) is 207 Å². The van der Waals surface area contributed by atoms with Gasteiger partial charge in [0.25, 0.3) is 0 Å². The molecule has 0 spiro atoms. The van der Waals surface area contributed by atoms with Gasteiger partial charge in [-0.15, -0.1) is 13.2 Å². The van der Waals surface area contributed by atoms with E-state index in [-0.39, 0.29) is 11.8 Å². The van der Waals surface area contributed by atoms with Crippen LogP contribution in [-0.4, -0.2) is 11.8 Å². The number of primary amides is 2. The lowest BCUT2D eigenvalue weighted by atomic mass is 10.0. The molecule has 0 radical (unpaired) electrons. The van der Waals surface area contributed by atoms with Crippen LogP contribution in [0.15, 0.2) is 13.2 Å². The second-order valence-electron chi connectivity index (χ2n) is 13.3. The van der Waals surface area contributed by atoms with Gasteiger partial charge < -0.3 is 11.5 Å². The molecule has 2 amide bonds. The van der Waals surface area contributed by atoms with Gasteiger partial charge in [-0.3, -0.25) is 9.59 Å². The molecule has 42 heavy (non-hydrogen) atoms. The van der Waals surface area contributed by atoms with Crippen LogP contribution in [-0.2, 0) is 9.59 Å². The summed E-state index contributed by atoms with van der Waals surface area (Å²) < 4.78 is 0. The molecule has 252 valence electrons. The van der Waals surface area contributed by atoms with E-state index in [1.165, 1.54) is 154 Å². The zero-order valence-electron chi connectivity index (χ0n) is 29.3. The Labute approximate surface area is 265 Å². The molecule has 0 fully saturated rings. The highest BCUT2D eigenvalue weighted by Crippen LogP contribution is 2.15. The van der Waals surface area contributed by atoms with E-state index in [1.54, 1.807) is 0 Å². The molecule has 0 saturated carbocycles. The van der Waals surface area contributed by atoms with Gasteiger partial charge in [0.2, 0.25) is 11.8 Å². The van der Waals surface area contributed by atoms with Gasteiger partial charge in [-0.05, 0) is 24.7 Å². The Morgan fingerprint density at radius 3 is 0.714 bits per heavy atom. The molecule has 0 aliphatic carbocycles. The summed E-state index contributed by atoms with van der Waals surface area (Å²) in [5, 5.41) is 0. The van der Waals surface area contributed by atoms with Crippen molar-refractivity contribution in [1.29, 1.82) is 0 Å². The van der Waals surface area contributed by atoms with Gasteiger partial charge in [-0.1, -0.05) is 182 Å². The quantitative estimate of drug-likeness (QED) is 0.0640. The maximum Gasteiger partial charge on any atom is 0.217 e. The van der Waals surface area contributed by atoms with Crippen LogP contribution < -0.4 is 11.5 Å². The third-order valence-corrected chi connectivity index (χ3v) is 7.91. The van der Waals surface area contributed by atoms with Crippen molar-refractivity contribution in [3.8, 4) is 0 Å². The maximum atomic E-state index is 10.6. The second-order valence-corrected chi connectivity index (χ2v) is 13.3. The largest absolute Gasteiger partial charge is 0.370 e. The summed E-state index contributed by atoms with van der Waals surface area (Å²) in [6.45, 7) is 15.3. The second kappa shape index (κ2) is 39.7. The Hall–Kier alpha value is -1.32. The van der Waals surface area contributed by atoms with Gasteiger partial charge in [0.05, 0.1) is 0 Å². The van der Waals surface area contributed by atoms with Crippen LogP contribution >= 0.6 is 0 Å². The number of rotatable bonds is 30. The standard InChI is InChI=1S/2C18H37NO.C2H4/c2*1-17(2)15-13-11-9-7-5-3-4-6-8-10-12-14-16-18(19)20;1-2/h2*17H,3-16H2,1-2H3,(H2,19,20);1-2H2. The van der Waals surface area contributed by atoms with Crippen LogP contribution in [0.4, 0.5) is 0 Å². The summed E-state index contributed by atoms with van der Waals surface area (Å²) in [6.07, 6.45) is 36.0. The fourth-order valence-electron chi connectivity index (χ4n) is 5.24. The van der Waals surface area contributed by atoms with Gasteiger partial charge in [0.15, 0.2) is 0 Å². The minimum absolute atomic E-state index is 0.154. The Bertz CT molecular complexity index is 487. The van der Waals surface area contributed by atoms with Crippen molar-refractivity contribution >= 4 is 11.8 Å². The van der Waals surface area contributed by atoms with E-state index in [0.29, 0.717) is 12.8 Å². The molecule has 0 unspecified atom stereocenters. The summed E-state index contributed by atoms with van der Waals surface area (Å²) in [7, 11) is 0. The number of hydrogen-bond donors (Lipinski definition) is 2. The summed E-state index contributed by atoms with van der Waals surface area (Å²) in [6, 6.07) is 0. The third-order valence-electron chi connectivity index (χ3n) is 7.91. The molecule has 4 heteroatoms. The first-order valence-electron chi connectivity index (χ1n) is 18.3. The molecular weight excluding hydrogens is 516 g/mol. The highest BCUT2D eigenvalue weighted by molar-refractivity contribution is 5.73. The number of unbranched alkanes of at least 4 members (excludes halogenated alkanes) is 22. The van der Waals surface area contributed by atoms with Crippen molar-refractivity contribution in [2.24, 2.45) is 23.3 Å². The number of carbonyl (C=O) groups is 2. The summed E-state index contributed by atoms with van der Waals surface area (Å²) in [4.78, 5) is 21.1. The molecule has 0 bridgehead atoms. The van der Waals surface area contributed by atoms with Gasteiger partial charge in [-0.2, -0.15) is 0 Å². The van der Waals surface area contributed by atoms with Crippen LogP contribution in [0.3, 0.4) is 0 Å². The lowest BCUT2D eigenvalue weighted by Crippen LogP contribution is -2.09. The van der Waals surface area contributed by atoms with Crippen molar-refractivity contribution in [2.45, 2.75) is 207 Å². The molecule has 0 aromatic rings. The molecular formula is C38H78N2O2. The number of carbonyl (C=O) groups excluding carboxylic acids is 2. The van der Waals surface area contributed by atoms with Gasteiger partial charge >= 0.3 is 0 Å². The molecule has 0 atom stereocenters. The SMILES string of the molecule is C=C.CC(C)CCCCCCCCCCCCCCC(N)=O.CC(C)CCCCCCCCCCCCCCC(N)=O. The lowest BCUT2D eigenvalue weighted by Gasteiger charge is -2.04. The fourth-order valence-corrected chi connectivity index (χ4v) is 5.24. The van der Waals surface area contributed by atoms with E-state index in [2.05, 4.69) is 40.9 Å². The van der Waals surface area contributed by atoms with Gasteiger partial charge in [0, 0.05) is 12.8 Å². The van der Waals surface area contributed by atoms with E-state index >= 15 is 0 Å². The third kappa shape index (κ3) is 51.4. The minimum Gasteiger partial charge on any atom is -0.370 e. The molecule has 0 saturated heterocycles. The summed E-state index contributed by atoms with van der Waals surface area (Å²) in [5.74, 6) is 1.44. The molecule has 0 aliphatic rings. The highest BCUT2D eigenvalue weighted by atomic mass is 16.1. The predicted octanol–water partition coefficient (Wildman–Crippen LogP) is 12.0. The monoisotopic (exact) mass is 595 g/mol. The molecule has 0 aromatic heterocycles. The van der Waals surface area contributed by atoms with E-state index in [9.17, 15) is 9.59 Å². The van der Waals surface area contributed by atoms with Crippen molar-refractivity contribution in [1.82, 2.24) is 0 Å². The van der Waals surface area contributed by atoms with Gasteiger partial charge in [0.1, 0.15) is 0 Å². The van der Waals surface area contributed by atoms with Crippen molar-refractivity contribution in [3.05, 3.63) is 13.2 Å². The van der Waals surface area contributed by atoms with Crippen molar-refractivity contribution in [3.63, 3.8) is 0 Å². The maximum absolute atomic E-state index is 10.6. The topological polar surface area (TPSA) is 86.2 Å². The fraction of sp³-hybridized carbons (Fsp3) is 0.895. The van der Waals surface area contributed by atoms with E-state index in [4.69, 9.17) is 11.5 Å². The lowest BCUT2D eigenvalue weighted by molar-refractivity contribution is -0.119. The average molecular weight is 595 g/mol. The molecule has 0 aliphatic heterocycles. The summed E-state index contributed by atoms with van der Waals surface area (Å²) in [5.41, 5.74) is 10.2. The first-order valence-corrected chi connectivity index (χ1v) is 18.3. The molecule has 0 heterocycles. The Morgan fingerprint density at radius 2 is 0.548 bits per heavy atom. The average Bonchev–Trinajstić information content (AvgIpc) is 2.94. The Morgan fingerprint density at radius 1 is 0.381 bits per heavy atom. The van der Waals surface area contributed by atoms with E-state index < -0.39 is 0 Å². The van der Waals surface area contributed by atoms with Crippen LogP contribution in [0.25, 0.3) is 0 Å².